The van der Waals surface area contributed by atoms with Crippen molar-refractivity contribution in [3.63, 3.8) is 0 Å². The first-order chi connectivity index (χ1) is 25.1. The van der Waals surface area contributed by atoms with Gasteiger partial charge < -0.3 is 19.3 Å². The van der Waals surface area contributed by atoms with E-state index in [4.69, 9.17) is 9.11 Å². The summed E-state index contributed by atoms with van der Waals surface area (Å²) in [6.45, 7) is 0. The quantitative estimate of drug-likeness (QED) is 0.0905. The molecule has 0 aliphatic rings. The van der Waals surface area contributed by atoms with Crippen molar-refractivity contribution in [2.45, 2.75) is 19.6 Å². The van der Waals surface area contributed by atoms with Crippen LogP contribution in [0, 0.1) is 0 Å². The van der Waals surface area contributed by atoms with Crippen molar-refractivity contribution < 1.29 is 121 Å². The number of phenols is 2. The van der Waals surface area contributed by atoms with E-state index in [1.807, 2.05) is 0 Å². The number of hydrogen-bond acceptors (Lipinski definition) is 16. The third-order valence-corrected chi connectivity index (χ3v) is 10.8. The second-order valence-corrected chi connectivity index (χ2v) is 16.4. The SMILES string of the molecule is O=S(=O)([O-])c1ccc2c(N=Nc3ccc(S(=O)(=O)O)cc3)cccc2c1O.O=S(=O)([O-])c1ccc2c(N=Nc3ccc(S(=O)(=O)O)cc3)cccc2c1O.[Na+].[Na+]. The van der Waals surface area contributed by atoms with Gasteiger partial charge in [-0.1, -0.05) is 36.4 Å². The molecule has 0 saturated carbocycles. The van der Waals surface area contributed by atoms with E-state index in [2.05, 4.69) is 20.5 Å². The molecule has 6 rings (SSSR count). The van der Waals surface area contributed by atoms with Crippen LogP contribution in [0.1, 0.15) is 0 Å². The van der Waals surface area contributed by atoms with E-state index < -0.39 is 61.8 Å². The van der Waals surface area contributed by atoms with E-state index in [-0.39, 0.29) is 91.1 Å². The van der Waals surface area contributed by atoms with Crippen LogP contribution in [-0.2, 0) is 40.5 Å². The number of benzene rings is 6. The number of phenolic OH excluding ortho intramolecular Hbond substituents is 2. The Balaban J connectivity index is 0.000000290. The summed E-state index contributed by atoms with van der Waals surface area (Å²) in [6.07, 6.45) is 0. The van der Waals surface area contributed by atoms with Crippen molar-refractivity contribution >= 4 is 84.8 Å². The average Bonchev–Trinajstić information content (AvgIpc) is 3.09. The maximum atomic E-state index is 11.2. The van der Waals surface area contributed by atoms with Gasteiger partial charge >= 0.3 is 59.1 Å². The first-order valence-corrected chi connectivity index (χ1v) is 20.2. The summed E-state index contributed by atoms with van der Waals surface area (Å²) < 4.78 is 129. The van der Waals surface area contributed by atoms with Gasteiger partial charge in [0.25, 0.3) is 20.2 Å². The fraction of sp³-hybridized carbons (Fsp3) is 0. The molecule has 6 aromatic rings. The molecule has 0 spiro atoms. The molecule has 0 fully saturated rings. The smallest absolute Gasteiger partial charge is 0.744 e. The van der Waals surface area contributed by atoms with E-state index in [9.17, 15) is 53.0 Å². The van der Waals surface area contributed by atoms with Crippen molar-refractivity contribution in [3.05, 3.63) is 109 Å². The van der Waals surface area contributed by atoms with Crippen LogP contribution in [0.5, 0.6) is 11.5 Å². The summed E-state index contributed by atoms with van der Waals surface area (Å²) in [6, 6.07) is 23.6. The first kappa shape index (κ1) is 46.7. The molecule has 18 nitrogen and oxygen atoms in total. The predicted octanol–water partition coefficient (Wildman–Crippen LogP) is 0.231. The van der Waals surface area contributed by atoms with Gasteiger partial charge in [0.2, 0.25) is 0 Å². The number of azo groups is 2. The molecular weight excluding hydrogens is 839 g/mol. The van der Waals surface area contributed by atoms with Crippen molar-refractivity contribution in [1.82, 2.24) is 0 Å². The van der Waals surface area contributed by atoms with Crippen molar-refractivity contribution in [2.24, 2.45) is 20.5 Å². The standard InChI is InChI=1S/2C16H12N2O7S2.2Na/c2*19-16-13-2-1-3-14(12(13)8-9-15(16)27(23,24)25)18-17-10-4-6-11(7-5-10)26(20,21)22;;/h2*1-9,19H,(H,20,21,22)(H,23,24,25);;/q;;2*+1/p-2. The summed E-state index contributed by atoms with van der Waals surface area (Å²) in [5.74, 6) is -1.34. The number of hydrogen-bond donors (Lipinski definition) is 4. The van der Waals surface area contributed by atoms with Crippen molar-refractivity contribution in [2.75, 3.05) is 0 Å². The minimum Gasteiger partial charge on any atom is -0.744 e. The normalized spacial score (nSPS) is 12.2. The Hall–Kier alpha value is -3.72. The van der Waals surface area contributed by atoms with Crippen LogP contribution in [-0.4, -0.2) is 62.1 Å². The summed E-state index contributed by atoms with van der Waals surface area (Å²) in [5.41, 5.74) is 1.16. The van der Waals surface area contributed by atoms with Gasteiger partial charge in [0.15, 0.2) is 0 Å². The monoisotopic (exact) mass is 860 g/mol. The molecule has 0 atom stereocenters. The summed E-state index contributed by atoms with van der Waals surface area (Å²) in [4.78, 5) is -2.04. The minimum atomic E-state index is -4.83. The summed E-state index contributed by atoms with van der Waals surface area (Å²) >= 11 is 0. The molecule has 56 heavy (non-hydrogen) atoms. The summed E-state index contributed by atoms with van der Waals surface area (Å²) in [7, 11) is -18.3. The fourth-order valence-electron chi connectivity index (χ4n) is 4.78. The van der Waals surface area contributed by atoms with Crippen LogP contribution in [0.15, 0.2) is 149 Å². The van der Waals surface area contributed by atoms with Gasteiger partial charge in [-0.25, -0.2) is 16.8 Å². The van der Waals surface area contributed by atoms with Gasteiger partial charge in [-0.2, -0.15) is 27.1 Å². The molecule has 280 valence electrons. The van der Waals surface area contributed by atoms with Crippen molar-refractivity contribution in [1.29, 1.82) is 0 Å². The molecule has 0 saturated heterocycles. The number of fused-ring (bicyclic) bond motifs is 2. The predicted molar refractivity (Wildman–Crippen MR) is 188 cm³/mol. The minimum absolute atomic E-state index is 0. The molecule has 0 aliphatic heterocycles. The Morgan fingerprint density at radius 1 is 0.411 bits per heavy atom. The third kappa shape index (κ3) is 11.2. The zero-order chi connectivity index (χ0) is 39.6. The summed E-state index contributed by atoms with van der Waals surface area (Å²) in [5, 5.41) is 37.0. The van der Waals surface area contributed by atoms with Crippen LogP contribution in [0.3, 0.4) is 0 Å². The number of nitrogens with zero attached hydrogens (tertiary/aromatic N) is 4. The topological polar surface area (TPSA) is 313 Å². The van der Waals surface area contributed by atoms with E-state index in [0.29, 0.717) is 22.1 Å². The fourth-order valence-corrected chi connectivity index (χ4v) is 6.90. The maximum Gasteiger partial charge on any atom is 1.00 e. The van der Waals surface area contributed by atoms with E-state index in [0.717, 1.165) is 36.4 Å². The average molecular weight is 861 g/mol. The zero-order valence-corrected chi connectivity index (χ0v) is 36.0. The Kier molecular flexibility index (Phi) is 15.2. The van der Waals surface area contributed by atoms with Gasteiger partial charge in [0, 0.05) is 21.5 Å². The third-order valence-electron chi connectivity index (χ3n) is 7.30. The zero-order valence-electron chi connectivity index (χ0n) is 28.7. The van der Waals surface area contributed by atoms with E-state index >= 15 is 0 Å². The van der Waals surface area contributed by atoms with E-state index in [1.165, 1.54) is 60.7 Å². The molecule has 0 aromatic heterocycles. The molecule has 0 heterocycles. The van der Waals surface area contributed by atoms with Crippen LogP contribution >= 0.6 is 0 Å². The van der Waals surface area contributed by atoms with Crippen LogP contribution in [0.4, 0.5) is 22.7 Å². The van der Waals surface area contributed by atoms with Gasteiger partial charge in [-0.05, 0) is 72.8 Å². The number of rotatable bonds is 8. The Morgan fingerprint density at radius 3 is 1.02 bits per heavy atom. The number of aromatic hydroxyl groups is 2. The van der Waals surface area contributed by atoms with Gasteiger partial charge in [-0.3, -0.25) is 9.11 Å². The van der Waals surface area contributed by atoms with E-state index in [1.54, 1.807) is 12.1 Å². The molecule has 0 radical (unpaired) electrons. The largest absolute Gasteiger partial charge is 1.00 e. The second kappa shape index (κ2) is 18.3. The first-order valence-electron chi connectivity index (χ1n) is 14.5. The molecule has 0 aliphatic carbocycles. The maximum absolute atomic E-state index is 11.2. The molecular formula is C32H22N4Na2O14S4. The second-order valence-electron chi connectivity index (χ2n) is 10.8. The van der Waals surface area contributed by atoms with Gasteiger partial charge in [0.1, 0.15) is 31.7 Å². The van der Waals surface area contributed by atoms with Crippen LogP contribution in [0.2, 0.25) is 0 Å². The van der Waals surface area contributed by atoms with Gasteiger partial charge in [-0.15, -0.1) is 10.2 Å². The molecule has 6 aromatic carbocycles. The molecule has 0 amide bonds. The van der Waals surface area contributed by atoms with Gasteiger partial charge in [0.05, 0.1) is 42.3 Å². The Labute approximate surface area is 363 Å². The van der Waals surface area contributed by atoms with Crippen LogP contribution in [0.25, 0.3) is 21.5 Å². The molecule has 24 heteroatoms. The Bertz CT molecular complexity index is 2750. The van der Waals surface area contributed by atoms with Crippen molar-refractivity contribution in [3.8, 4) is 11.5 Å². The molecule has 0 bridgehead atoms. The molecule has 4 N–H and O–H groups in total. The van der Waals surface area contributed by atoms with Crippen LogP contribution < -0.4 is 59.1 Å². The Morgan fingerprint density at radius 2 is 0.732 bits per heavy atom. The molecule has 0 unspecified atom stereocenters.